The SMILES string of the molecule is CCN(Cc1ccco1)Cc1nnsc1NN. The van der Waals surface area contributed by atoms with E-state index in [4.69, 9.17) is 10.3 Å². The Balaban J connectivity index is 2.00. The van der Waals surface area contributed by atoms with Crippen LogP contribution in [-0.4, -0.2) is 21.0 Å². The average molecular weight is 253 g/mol. The highest BCUT2D eigenvalue weighted by Crippen LogP contribution is 2.18. The van der Waals surface area contributed by atoms with Gasteiger partial charge in [0.25, 0.3) is 0 Å². The van der Waals surface area contributed by atoms with Crippen molar-refractivity contribution in [2.24, 2.45) is 5.84 Å². The number of hydrogen-bond donors (Lipinski definition) is 2. The van der Waals surface area contributed by atoms with Crippen molar-refractivity contribution in [2.45, 2.75) is 20.0 Å². The number of nitrogen functional groups attached to an aromatic ring is 1. The van der Waals surface area contributed by atoms with Gasteiger partial charge in [-0.25, -0.2) is 5.84 Å². The molecular weight excluding hydrogens is 238 g/mol. The van der Waals surface area contributed by atoms with E-state index in [0.29, 0.717) is 6.54 Å². The summed E-state index contributed by atoms with van der Waals surface area (Å²) in [5.41, 5.74) is 3.47. The lowest BCUT2D eigenvalue weighted by atomic mass is 10.3. The number of nitrogens with zero attached hydrogens (tertiary/aromatic N) is 3. The minimum absolute atomic E-state index is 0.702. The minimum atomic E-state index is 0.702. The van der Waals surface area contributed by atoms with Crippen LogP contribution < -0.4 is 11.3 Å². The molecule has 0 saturated carbocycles. The molecule has 2 heterocycles. The topological polar surface area (TPSA) is 80.2 Å². The Bertz CT molecular complexity index is 441. The normalized spacial score (nSPS) is 11.0. The first-order valence-electron chi connectivity index (χ1n) is 5.36. The number of nitrogens with two attached hydrogens (primary N) is 1. The monoisotopic (exact) mass is 253 g/mol. The van der Waals surface area contributed by atoms with Crippen molar-refractivity contribution in [3.63, 3.8) is 0 Å². The van der Waals surface area contributed by atoms with E-state index in [0.717, 1.165) is 29.5 Å². The molecule has 2 rings (SSSR count). The van der Waals surface area contributed by atoms with Crippen LogP contribution in [0.2, 0.25) is 0 Å². The van der Waals surface area contributed by atoms with Crippen molar-refractivity contribution in [1.29, 1.82) is 0 Å². The van der Waals surface area contributed by atoms with E-state index >= 15 is 0 Å². The van der Waals surface area contributed by atoms with Gasteiger partial charge >= 0.3 is 0 Å². The highest BCUT2D eigenvalue weighted by atomic mass is 32.1. The zero-order valence-corrected chi connectivity index (χ0v) is 10.4. The van der Waals surface area contributed by atoms with Crippen molar-refractivity contribution in [3.8, 4) is 0 Å². The van der Waals surface area contributed by atoms with Crippen LogP contribution >= 0.6 is 11.5 Å². The number of rotatable bonds is 6. The number of hydrazine groups is 1. The fourth-order valence-electron chi connectivity index (χ4n) is 1.54. The lowest BCUT2D eigenvalue weighted by Crippen LogP contribution is -2.23. The largest absolute Gasteiger partial charge is 0.468 e. The second kappa shape index (κ2) is 5.76. The predicted molar refractivity (Wildman–Crippen MR) is 66.2 cm³/mol. The standard InChI is InChI=1S/C10H15N5OS/c1-2-15(6-8-4-3-5-16-8)7-9-10(12-11)17-14-13-9/h3-5,12H,2,6-7,11H2,1H3. The van der Waals surface area contributed by atoms with Crippen LogP contribution in [0.25, 0.3) is 0 Å². The van der Waals surface area contributed by atoms with Gasteiger partial charge in [-0.1, -0.05) is 11.4 Å². The van der Waals surface area contributed by atoms with E-state index in [1.54, 1.807) is 6.26 Å². The smallest absolute Gasteiger partial charge is 0.148 e. The molecule has 0 saturated heterocycles. The van der Waals surface area contributed by atoms with Gasteiger partial charge in [0.05, 0.1) is 12.8 Å². The Morgan fingerprint density at radius 3 is 3.06 bits per heavy atom. The molecule has 3 N–H and O–H groups in total. The lowest BCUT2D eigenvalue weighted by Gasteiger charge is -2.17. The van der Waals surface area contributed by atoms with Crippen LogP contribution in [0.5, 0.6) is 0 Å². The van der Waals surface area contributed by atoms with Gasteiger partial charge in [-0.15, -0.1) is 5.10 Å². The molecule has 17 heavy (non-hydrogen) atoms. The van der Waals surface area contributed by atoms with E-state index in [-0.39, 0.29) is 0 Å². The van der Waals surface area contributed by atoms with Crippen molar-refractivity contribution < 1.29 is 4.42 Å². The maximum atomic E-state index is 5.39. The quantitative estimate of drug-likeness (QED) is 0.599. The van der Waals surface area contributed by atoms with Gasteiger partial charge in [-0.3, -0.25) is 4.90 Å². The number of furan rings is 1. The number of nitrogens with one attached hydrogen (secondary N) is 1. The summed E-state index contributed by atoms with van der Waals surface area (Å²) in [5, 5.41) is 4.87. The molecule has 0 aliphatic heterocycles. The molecule has 0 aliphatic carbocycles. The average Bonchev–Trinajstić information content (AvgIpc) is 2.99. The first-order valence-corrected chi connectivity index (χ1v) is 6.13. The number of aromatic nitrogens is 2. The van der Waals surface area contributed by atoms with Crippen LogP contribution in [0.4, 0.5) is 5.00 Å². The third kappa shape index (κ3) is 3.02. The van der Waals surface area contributed by atoms with Gasteiger partial charge in [0, 0.05) is 18.1 Å². The van der Waals surface area contributed by atoms with Crippen molar-refractivity contribution in [1.82, 2.24) is 14.5 Å². The van der Waals surface area contributed by atoms with Crippen LogP contribution in [0.3, 0.4) is 0 Å². The fourth-order valence-corrected chi connectivity index (χ4v) is 2.02. The van der Waals surface area contributed by atoms with Gasteiger partial charge in [0.15, 0.2) is 0 Å². The summed E-state index contributed by atoms with van der Waals surface area (Å²) in [4.78, 5) is 2.20. The Morgan fingerprint density at radius 2 is 2.41 bits per heavy atom. The number of anilines is 1. The first-order chi connectivity index (χ1) is 8.33. The molecule has 2 aromatic heterocycles. The zero-order valence-electron chi connectivity index (χ0n) is 9.59. The highest BCUT2D eigenvalue weighted by Gasteiger charge is 2.12. The van der Waals surface area contributed by atoms with Crippen LogP contribution in [0.15, 0.2) is 22.8 Å². The van der Waals surface area contributed by atoms with E-state index in [2.05, 4.69) is 26.8 Å². The molecule has 92 valence electrons. The molecule has 2 aromatic rings. The van der Waals surface area contributed by atoms with Gasteiger partial charge in [0.2, 0.25) is 0 Å². The van der Waals surface area contributed by atoms with Crippen molar-refractivity contribution in [3.05, 3.63) is 29.9 Å². The Morgan fingerprint density at radius 1 is 1.53 bits per heavy atom. The summed E-state index contributed by atoms with van der Waals surface area (Å²) in [6.07, 6.45) is 1.68. The van der Waals surface area contributed by atoms with Crippen LogP contribution in [0, 0.1) is 0 Å². The first kappa shape index (κ1) is 12.0. The Labute approximate surface area is 104 Å². The molecule has 0 atom stereocenters. The lowest BCUT2D eigenvalue weighted by molar-refractivity contribution is 0.245. The molecular formula is C10H15N5OS. The van der Waals surface area contributed by atoms with Gasteiger partial charge < -0.3 is 9.84 Å². The summed E-state index contributed by atoms with van der Waals surface area (Å²) < 4.78 is 9.20. The van der Waals surface area contributed by atoms with Crippen molar-refractivity contribution >= 4 is 16.5 Å². The molecule has 0 fully saturated rings. The molecule has 0 radical (unpaired) electrons. The summed E-state index contributed by atoms with van der Waals surface area (Å²) >= 11 is 1.26. The summed E-state index contributed by atoms with van der Waals surface area (Å²) in [5.74, 6) is 6.33. The Kier molecular flexibility index (Phi) is 4.08. The summed E-state index contributed by atoms with van der Waals surface area (Å²) in [6.45, 7) is 4.46. The van der Waals surface area contributed by atoms with E-state index in [1.807, 2.05) is 12.1 Å². The maximum absolute atomic E-state index is 5.39. The summed E-state index contributed by atoms with van der Waals surface area (Å²) in [6, 6.07) is 3.85. The molecule has 0 spiro atoms. The third-order valence-corrected chi connectivity index (χ3v) is 3.17. The minimum Gasteiger partial charge on any atom is -0.468 e. The molecule has 6 nitrogen and oxygen atoms in total. The third-order valence-electron chi connectivity index (χ3n) is 2.47. The summed E-state index contributed by atoms with van der Waals surface area (Å²) in [7, 11) is 0. The molecule has 0 aromatic carbocycles. The molecule has 0 aliphatic rings. The predicted octanol–water partition coefficient (Wildman–Crippen LogP) is 1.44. The maximum Gasteiger partial charge on any atom is 0.148 e. The second-order valence-corrected chi connectivity index (χ2v) is 4.33. The molecule has 7 heteroatoms. The van der Waals surface area contributed by atoms with Gasteiger partial charge in [-0.2, -0.15) is 0 Å². The van der Waals surface area contributed by atoms with Crippen LogP contribution in [-0.2, 0) is 13.1 Å². The highest BCUT2D eigenvalue weighted by molar-refractivity contribution is 7.10. The number of hydrogen-bond acceptors (Lipinski definition) is 7. The zero-order chi connectivity index (χ0) is 12.1. The Hall–Kier alpha value is -1.44. The molecule has 0 amide bonds. The van der Waals surface area contributed by atoms with Crippen LogP contribution in [0.1, 0.15) is 18.4 Å². The van der Waals surface area contributed by atoms with E-state index in [9.17, 15) is 0 Å². The van der Waals surface area contributed by atoms with Gasteiger partial charge in [0.1, 0.15) is 16.5 Å². The van der Waals surface area contributed by atoms with E-state index in [1.165, 1.54) is 11.5 Å². The second-order valence-electron chi connectivity index (χ2n) is 3.58. The van der Waals surface area contributed by atoms with Crippen molar-refractivity contribution in [2.75, 3.05) is 12.0 Å². The molecule has 0 bridgehead atoms. The molecule has 0 unspecified atom stereocenters. The van der Waals surface area contributed by atoms with E-state index < -0.39 is 0 Å². The fraction of sp³-hybridized carbons (Fsp3) is 0.400. The van der Waals surface area contributed by atoms with Gasteiger partial charge in [-0.05, 0) is 18.7 Å².